The molecule has 2 atom stereocenters. The molecule has 0 spiro atoms. The molecule has 6 rings (SSSR count). The number of amides is 3. The van der Waals surface area contributed by atoms with E-state index in [0.717, 1.165) is 26.2 Å². The Morgan fingerprint density at radius 3 is 2.40 bits per heavy atom. The van der Waals surface area contributed by atoms with Gasteiger partial charge in [-0.3, -0.25) is 24.2 Å². The van der Waals surface area contributed by atoms with E-state index in [9.17, 15) is 14.4 Å². The first-order valence-electron chi connectivity index (χ1n) is 18.5. The highest BCUT2D eigenvalue weighted by Gasteiger charge is 2.39. The normalized spacial score (nSPS) is 19.5. The van der Waals surface area contributed by atoms with E-state index in [1.807, 2.05) is 51.2 Å². The standard InChI is InChI=1S/C40H52N10O5/c1-37(2,3)30-22-31(43-33(42-30)34(52)41-24-38(4,5)49-20-18-48(8)19-21-49)44-36(53)45-40(25-51)17-16-29(27-12-10-11-13-28(27)40)55-26-14-15-32-46-47-35(50(32)23-26)39(6,7)54-9/h10-17,22-23,25,29H,18-21,24H2,1-9H3,(H,41,52)(H2,42,43,44,45,53)/t29-,40-/m1/s1. The number of piperazine rings is 1. The summed E-state index contributed by atoms with van der Waals surface area (Å²) in [5, 5.41) is 17.2. The van der Waals surface area contributed by atoms with Gasteiger partial charge >= 0.3 is 6.03 Å². The lowest BCUT2D eigenvalue weighted by Crippen LogP contribution is -2.57. The fourth-order valence-electron chi connectivity index (χ4n) is 6.72. The summed E-state index contributed by atoms with van der Waals surface area (Å²) in [6.45, 7) is 18.0. The summed E-state index contributed by atoms with van der Waals surface area (Å²) in [5.41, 5.74) is -0.532. The first-order valence-corrected chi connectivity index (χ1v) is 18.5. The largest absolute Gasteiger partial charge is 0.480 e. The Hall–Kier alpha value is -5.25. The van der Waals surface area contributed by atoms with Gasteiger partial charge < -0.3 is 25.0 Å². The van der Waals surface area contributed by atoms with Crippen LogP contribution in [0.1, 0.15) is 87.8 Å². The lowest BCUT2D eigenvalue weighted by atomic mass is 9.81. The Bertz CT molecular complexity index is 2100. The summed E-state index contributed by atoms with van der Waals surface area (Å²) in [4.78, 5) is 53.8. The van der Waals surface area contributed by atoms with E-state index in [0.29, 0.717) is 46.9 Å². The monoisotopic (exact) mass is 752 g/mol. The number of likely N-dealkylation sites (N-methyl/N-ethyl adjacent to an activating group) is 1. The number of pyridine rings is 1. The molecular weight excluding hydrogens is 701 g/mol. The maximum absolute atomic E-state index is 13.7. The number of hydrogen-bond donors (Lipinski definition) is 3. The van der Waals surface area contributed by atoms with Crippen molar-refractivity contribution in [3.05, 3.63) is 89.3 Å². The maximum Gasteiger partial charge on any atom is 0.321 e. The maximum atomic E-state index is 13.7. The van der Waals surface area contributed by atoms with Gasteiger partial charge in [-0.1, -0.05) is 45.0 Å². The molecule has 1 fully saturated rings. The number of rotatable bonds is 11. The number of aromatic nitrogens is 5. The summed E-state index contributed by atoms with van der Waals surface area (Å²) < 4.78 is 13.9. The van der Waals surface area contributed by atoms with E-state index in [4.69, 9.17) is 9.47 Å². The summed E-state index contributed by atoms with van der Waals surface area (Å²) in [6.07, 6.45) is 5.25. The Morgan fingerprint density at radius 1 is 0.982 bits per heavy atom. The van der Waals surface area contributed by atoms with Gasteiger partial charge in [-0.25, -0.2) is 14.8 Å². The predicted molar refractivity (Wildman–Crippen MR) is 208 cm³/mol. The van der Waals surface area contributed by atoms with Crippen molar-refractivity contribution in [1.82, 2.24) is 45.0 Å². The van der Waals surface area contributed by atoms with E-state index >= 15 is 0 Å². The van der Waals surface area contributed by atoms with Gasteiger partial charge in [0.25, 0.3) is 5.91 Å². The Morgan fingerprint density at radius 2 is 1.71 bits per heavy atom. The van der Waals surface area contributed by atoms with Gasteiger partial charge in [0.15, 0.2) is 17.8 Å². The number of hydrogen-bond acceptors (Lipinski definition) is 11. The zero-order valence-electron chi connectivity index (χ0n) is 33.1. The zero-order valence-corrected chi connectivity index (χ0v) is 33.1. The Balaban J connectivity index is 1.20. The number of urea groups is 1. The van der Waals surface area contributed by atoms with Crippen LogP contribution in [-0.2, 0) is 26.1 Å². The fraction of sp³-hybridized carbons (Fsp3) is 0.475. The Labute approximate surface area is 321 Å². The molecule has 55 heavy (non-hydrogen) atoms. The summed E-state index contributed by atoms with van der Waals surface area (Å²) >= 11 is 0. The smallest absolute Gasteiger partial charge is 0.321 e. The summed E-state index contributed by atoms with van der Waals surface area (Å²) in [5.74, 6) is 0.763. The third-order valence-electron chi connectivity index (χ3n) is 10.4. The highest BCUT2D eigenvalue weighted by Crippen LogP contribution is 2.37. The second-order valence-electron chi connectivity index (χ2n) is 16.4. The molecule has 15 nitrogen and oxygen atoms in total. The lowest BCUT2D eigenvalue weighted by Gasteiger charge is -2.43. The number of nitrogens with zero attached hydrogens (tertiary/aromatic N) is 7. The fourth-order valence-corrected chi connectivity index (χ4v) is 6.72. The average Bonchev–Trinajstić information content (AvgIpc) is 3.59. The van der Waals surface area contributed by atoms with Gasteiger partial charge in [0, 0.05) is 62.4 Å². The molecule has 3 N–H and O–H groups in total. The summed E-state index contributed by atoms with van der Waals surface area (Å²) in [6, 6.07) is 11.8. The van der Waals surface area contributed by atoms with Gasteiger partial charge in [-0.2, -0.15) is 0 Å². The van der Waals surface area contributed by atoms with Crippen molar-refractivity contribution in [1.29, 1.82) is 0 Å². The molecule has 0 radical (unpaired) electrons. The van der Waals surface area contributed by atoms with Crippen molar-refractivity contribution < 1.29 is 23.9 Å². The minimum atomic E-state index is -1.52. The molecule has 0 unspecified atom stereocenters. The van der Waals surface area contributed by atoms with Crippen LogP contribution in [0.3, 0.4) is 0 Å². The topological polar surface area (TPSA) is 168 Å². The number of aldehydes is 1. The predicted octanol–water partition coefficient (Wildman–Crippen LogP) is 4.36. The van der Waals surface area contributed by atoms with Crippen LogP contribution in [0, 0.1) is 0 Å². The molecule has 2 aliphatic rings. The zero-order chi connectivity index (χ0) is 39.8. The molecule has 3 aromatic heterocycles. The molecule has 292 valence electrons. The van der Waals surface area contributed by atoms with E-state index in [1.54, 1.807) is 55.8 Å². The molecule has 1 saturated heterocycles. The molecule has 0 bridgehead atoms. The van der Waals surface area contributed by atoms with Crippen molar-refractivity contribution in [3.8, 4) is 5.75 Å². The molecule has 3 amide bonds. The lowest BCUT2D eigenvalue weighted by molar-refractivity contribution is -0.111. The minimum absolute atomic E-state index is 0.0625. The Kier molecular flexibility index (Phi) is 10.8. The van der Waals surface area contributed by atoms with Crippen molar-refractivity contribution in [3.63, 3.8) is 0 Å². The number of anilines is 1. The minimum Gasteiger partial charge on any atom is -0.480 e. The molecule has 4 heterocycles. The van der Waals surface area contributed by atoms with E-state index in [1.165, 1.54) is 0 Å². The number of nitrogens with one attached hydrogen (secondary N) is 3. The van der Waals surface area contributed by atoms with Crippen LogP contribution in [-0.4, -0.2) is 105 Å². The molecule has 15 heteroatoms. The van der Waals surface area contributed by atoms with Crippen LogP contribution in [0.15, 0.2) is 60.8 Å². The van der Waals surface area contributed by atoms with E-state index < -0.39 is 34.6 Å². The molecule has 1 aliphatic carbocycles. The number of benzene rings is 1. The third kappa shape index (κ3) is 8.38. The molecule has 1 aromatic carbocycles. The summed E-state index contributed by atoms with van der Waals surface area (Å²) in [7, 11) is 3.72. The van der Waals surface area contributed by atoms with Crippen LogP contribution in [0.25, 0.3) is 5.65 Å². The number of carbonyl (C=O) groups excluding carboxylic acids is 3. The van der Waals surface area contributed by atoms with Crippen LogP contribution in [0.4, 0.5) is 10.6 Å². The van der Waals surface area contributed by atoms with Crippen molar-refractivity contribution >= 4 is 29.7 Å². The first kappa shape index (κ1) is 39.4. The van der Waals surface area contributed by atoms with Gasteiger partial charge in [0.1, 0.15) is 28.8 Å². The highest BCUT2D eigenvalue weighted by atomic mass is 16.5. The number of ether oxygens (including phenoxy) is 2. The molecule has 4 aromatic rings. The van der Waals surface area contributed by atoms with Gasteiger partial charge in [0.05, 0.1) is 11.9 Å². The van der Waals surface area contributed by atoms with Crippen LogP contribution in [0.2, 0.25) is 0 Å². The van der Waals surface area contributed by atoms with E-state index in [2.05, 4.69) is 66.8 Å². The van der Waals surface area contributed by atoms with E-state index in [-0.39, 0.29) is 17.2 Å². The van der Waals surface area contributed by atoms with Gasteiger partial charge in [-0.15, -0.1) is 10.2 Å². The highest BCUT2D eigenvalue weighted by molar-refractivity contribution is 5.94. The quantitative estimate of drug-likeness (QED) is 0.147. The molecular formula is C40H52N10O5. The van der Waals surface area contributed by atoms with Gasteiger partial charge in [-0.05, 0) is 64.6 Å². The van der Waals surface area contributed by atoms with Crippen LogP contribution >= 0.6 is 0 Å². The average molecular weight is 753 g/mol. The second-order valence-corrected chi connectivity index (χ2v) is 16.4. The number of methoxy groups -OCH3 is 1. The van der Waals surface area contributed by atoms with Crippen molar-refractivity contribution in [2.45, 2.75) is 76.7 Å². The first-order chi connectivity index (χ1) is 25.9. The molecule has 1 aliphatic heterocycles. The second kappa shape index (κ2) is 15.1. The third-order valence-corrected chi connectivity index (χ3v) is 10.4. The van der Waals surface area contributed by atoms with Crippen LogP contribution < -0.4 is 20.7 Å². The SMILES string of the molecule is COC(C)(C)c1nnc2ccc(O[C@@H]3C=C[C@](C=O)(NC(=O)Nc4cc(C(C)(C)C)nc(C(=O)NCC(C)(C)N5CCN(C)CC5)n4)c4ccccc43)cn12. The van der Waals surface area contributed by atoms with Crippen LogP contribution in [0.5, 0.6) is 5.75 Å². The van der Waals surface area contributed by atoms with Crippen molar-refractivity contribution in [2.75, 3.05) is 52.2 Å². The van der Waals surface area contributed by atoms with Gasteiger partial charge in [0.2, 0.25) is 5.82 Å². The number of carbonyl (C=O) groups is 3. The van der Waals surface area contributed by atoms with Crippen molar-refractivity contribution in [2.24, 2.45) is 0 Å². The number of fused-ring (bicyclic) bond motifs is 2. The molecule has 0 saturated carbocycles.